The van der Waals surface area contributed by atoms with Crippen LogP contribution in [0.3, 0.4) is 0 Å². The summed E-state index contributed by atoms with van der Waals surface area (Å²) in [5.41, 5.74) is 2.36. The van der Waals surface area contributed by atoms with Crippen molar-refractivity contribution in [2.75, 3.05) is 39.8 Å². The first-order chi connectivity index (χ1) is 17.4. The fourth-order valence-electron chi connectivity index (χ4n) is 3.35. The largest absolute Gasteiger partial charge is 0.495 e. The molecule has 0 radical (unpaired) electrons. The van der Waals surface area contributed by atoms with E-state index in [1.807, 2.05) is 12.1 Å². The number of hydrogen-bond donors (Lipinski definition) is 2. The number of carbonyl (C=O) groups excluding carboxylic acids is 3. The topological polar surface area (TPSA) is 112 Å². The number of methoxy groups -OCH3 is 3. The Balaban J connectivity index is 1.52. The van der Waals surface area contributed by atoms with Crippen molar-refractivity contribution in [1.29, 1.82) is 0 Å². The van der Waals surface area contributed by atoms with Crippen molar-refractivity contribution in [2.24, 2.45) is 0 Å². The average molecular weight is 493 g/mol. The van der Waals surface area contributed by atoms with Crippen LogP contribution >= 0.6 is 0 Å². The van der Waals surface area contributed by atoms with Gasteiger partial charge < -0.3 is 29.6 Å². The van der Waals surface area contributed by atoms with Crippen LogP contribution in [0.25, 0.3) is 0 Å². The lowest BCUT2D eigenvalue weighted by atomic mass is 10.1. The first-order valence-corrected chi connectivity index (χ1v) is 11.1. The third kappa shape index (κ3) is 6.99. The highest BCUT2D eigenvalue weighted by atomic mass is 16.5. The van der Waals surface area contributed by atoms with E-state index in [-0.39, 0.29) is 18.4 Å². The lowest BCUT2D eigenvalue weighted by molar-refractivity contribution is -0.118. The molecule has 0 unspecified atom stereocenters. The molecule has 0 atom stereocenters. The highest BCUT2D eigenvalue weighted by Gasteiger charge is 2.14. The van der Waals surface area contributed by atoms with Crippen molar-refractivity contribution >= 4 is 23.5 Å². The number of amides is 2. The van der Waals surface area contributed by atoms with Crippen molar-refractivity contribution in [1.82, 2.24) is 5.32 Å². The molecule has 9 nitrogen and oxygen atoms in total. The normalized spacial score (nSPS) is 10.2. The van der Waals surface area contributed by atoms with Gasteiger partial charge in [0.1, 0.15) is 5.75 Å². The van der Waals surface area contributed by atoms with Crippen LogP contribution in [0.4, 0.5) is 5.69 Å². The predicted octanol–water partition coefficient (Wildman–Crippen LogP) is 3.48. The molecule has 0 saturated carbocycles. The van der Waals surface area contributed by atoms with Gasteiger partial charge in [-0.1, -0.05) is 24.3 Å². The van der Waals surface area contributed by atoms with Gasteiger partial charge in [-0.05, 0) is 54.4 Å². The molecular formula is C27H28N2O7. The second-order valence-corrected chi connectivity index (χ2v) is 7.60. The first-order valence-electron chi connectivity index (χ1n) is 11.1. The molecule has 9 heteroatoms. The van der Waals surface area contributed by atoms with Crippen LogP contribution in [0.2, 0.25) is 0 Å². The van der Waals surface area contributed by atoms with E-state index in [9.17, 15) is 14.4 Å². The van der Waals surface area contributed by atoms with Crippen LogP contribution in [-0.4, -0.2) is 52.3 Å². The molecule has 188 valence electrons. The van der Waals surface area contributed by atoms with E-state index in [4.69, 9.17) is 14.2 Å². The van der Waals surface area contributed by atoms with Gasteiger partial charge in [-0.2, -0.15) is 0 Å². The molecule has 0 aromatic heterocycles. The van der Waals surface area contributed by atoms with Gasteiger partial charge in [0, 0.05) is 12.1 Å². The van der Waals surface area contributed by atoms with Crippen molar-refractivity contribution in [3.8, 4) is 17.2 Å². The molecule has 0 aliphatic heterocycles. The van der Waals surface area contributed by atoms with Gasteiger partial charge in [0.05, 0.1) is 32.6 Å². The van der Waals surface area contributed by atoms with Crippen LogP contribution in [0.5, 0.6) is 17.2 Å². The van der Waals surface area contributed by atoms with Crippen LogP contribution in [0, 0.1) is 0 Å². The maximum absolute atomic E-state index is 12.6. The van der Waals surface area contributed by atoms with Crippen LogP contribution in [0.15, 0.2) is 66.7 Å². The molecule has 0 aliphatic rings. The zero-order valence-electron chi connectivity index (χ0n) is 20.3. The summed E-state index contributed by atoms with van der Waals surface area (Å²) in [4.78, 5) is 36.4. The molecule has 0 aliphatic carbocycles. The summed E-state index contributed by atoms with van der Waals surface area (Å²) in [5.74, 6) is 0.147. The van der Waals surface area contributed by atoms with Crippen molar-refractivity contribution < 1.29 is 33.3 Å². The number of esters is 1. The molecule has 0 saturated heterocycles. The van der Waals surface area contributed by atoms with Crippen molar-refractivity contribution in [3.05, 3.63) is 83.4 Å². The Hall–Kier alpha value is -4.53. The standard InChI is InChI=1S/C27H28N2O7/c1-33-22-7-5-4-6-21(22)29-25(30)17-36-23-13-12-20(16-24(23)34-2)26(31)28-15-14-18-8-10-19(11-9-18)27(32)35-3/h4-13,16H,14-15,17H2,1-3H3,(H,28,31)(H,29,30). The molecule has 2 amide bonds. The summed E-state index contributed by atoms with van der Waals surface area (Å²) >= 11 is 0. The van der Waals surface area contributed by atoms with Gasteiger partial charge in [0.25, 0.3) is 11.8 Å². The van der Waals surface area contributed by atoms with E-state index in [2.05, 4.69) is 15.4 Å². The van der Waals surface area contributed by atoms with E-state index in [0.717, 1.165) is 5.56 Å². The zero-order chi connectivity index (χ0) is 25.9. The fraction of sp³-hybridized carbons (Fsp3) is 0.222. The molecular weight excluding hydrogens is 464 g/mol. The fourth-order valence-corrected chi connectivity index (χ4v) is 3.35. The van der Waals surface area contributed by atoms with Crippen LogP contribution in [-0.2, 0) is 16.0 Å². The predicted molar refractivity (Wildman–Crippen MR) is 134 cm³/mol. The Morgan fingerprint density at radius 2 is 1.47 bits per heavy atom. The Kier molecular flexibility index (Phi) is 9.27. The number of carbonyl (C=O) groups is 3. The Morgan fingerprint density at radius 3 is 2.17 bits per heavy atom. The van der Waals surface area contributed by atoms with E-state index in [1.165, 1.54) is 21.3 Å². The lowest BCUT2D eigenvalue weighted by Gasteiger charge is -2.13. The summed E-state index contributed by atoms with van der Waals surface area (Å²) in [6, 6.07) is 18.8. The van der Waals surface area contributed by atoms with E-state index >= 15 is 0 Å². The highest BCUT2D eigenvalue weighted by molar-refractivity contribution is 5.95. The monoisotopic (exact) mass is 492 g/mol. The Morgan fingerprint density at radius 1 is 0.778 bits per heavy atom. The van der Waals surface area contributed by atoms with Crippen LogP contribution in [0.1, 0.15) is 26.3 Å². The smallest absolute Gasteiger partial charge is 0.337 e. The number of rotatable bonds is 11. The maximum Gasteiger partial charge on any atom is 0.337 e. The molecule has 2 N–H and O–H groups in total. The number of anilines is 1. The minimum atomic E-state index is -0.395. The minimum absolute atomic E-state index is 0.255. The van der Waals surface area contributed by atoms with Gasteiger partial charge in [-0.15, -0.1) is 0 Å². The molecule has 0 fully saturated rings. The Bertz CT molecular complexity index is 1210. The third-order valence-corrected chi connectivity index (χ3v) is 5.24. The first kappa shape index (κ1) is 26.1. The second kappa shape index (κ2) is 12.8. The number of hydrogen-bond acceptors (Lipinski definition) is 7. The summed E-state index contributed by atoms with van der Waals surface area (Å²) in [7, 11) is 4.31. The quantitative estimate of drug-likeness (QED) is 0.394. The van der Waals surface area contributed by atoms with Gasteiger partial charge in [0.15, 0.2) is 18.1 Å². The lowest BCUT2D eigenvalue weighted by Crippen LogP contribution is -2.25. The van der Waals surface area contributed by atoms with Gasteiger partial charge >= 0.3 is 5.97 Å². The number of nitrogens with one attached hydrogen (secondary N) is 2. The van der Waals surface area contributed by atoms with E-state index < -0.39 is 5.97 Å². The molecule has 3 rings (SSSR count). The molecule has 0 bridgehead atoms. The molecule has 3 aromatic carbocycles. The van der Waals surface area contributed by atoms with Gasteiger partial charge in [-0.25, -0.2) is 4.79 Å². The molecule has 0 spiro atoms. The van der Waals surface area contributed by atoms with Crippen LogP contribution < -0.4 is 24.8 Å². The summed E-state index contributed by atoms with van der Waals surface area (Å²) < 4.78 is 20.8. The molecule has 0 heterocycles. The van der Waals surface area contributed by atoms with Gasteiger partial charge in [0.2, 0.25) is 0 Å². The molecule has 36 heavy (non-hydrogen) atoms. The SMILES string of the molecule is COC(=O)c1ccc(CCNC(=O)c2ccc(OCC(=O)Nc3ccccc3OC)c(OC)c2)cc1. The summed E-state index contributed by atoms with van der Waals surface area (Å²) in [6.07, 6.45) is 0.590. The van der Waals surface area contributed by atoms with E-state index in [1.54, 1.807) is 54.6 Å². The van der Waals surface area contributed by atoms with Gasteiger partial charge in [-0.3, -0.25) is 9.59 Å². The minimum Gasteiger partial charge on any atom is -0.495 e. The highest BCUT2D eigenvalue weighted by Crippen LogP contribution is 2.28. The maximum atomic E-state index is 12.6. The number of ether oxygens (including phenoxy) is 4. The number of para-hydroxylation sites is 2. The second-order valence-electron chi connectivity index (χ2n) is 7.60. The van der Waals surface area contributed by atoms with Crippen molar-refractivity contribution in [3.63, 3.8) is 0 Å². The molecule has 3 aromatic rings. The Labute approximate surface area is 209 Å². The third-order valence-electron chi connectivity index (χ3n) is 5.24. The van der Waals surface area contributed by atoms with Crippen molar-refractivity contribution in [2.45, 2.75) is 6.42 Å². The summed E-state index contributed by atoms with van der Waals surface area (Å²) in [5, 5.41) is 5.58. The van der Waals surface area contributed by atoms with E-state index in [0.29, 0.717) is 47.0 Å². The number of benzene rings is 3. The average Bonchev–Trinajstić information content (AvgIpc) is 2.91. The summed E-state index contributed by atoms with van der Waals surface area (Å²) in [6.45, 7) is 0.148. The zero-order valence-corrected chi connectivity index (χ0v) is 20.3.